The summed E-state index contributed by atoms with van der Waals surface area (Å²) < 4.78 is 18.9. The highest BCUT2D eigenvalue weighted by molar-refractivity contribution is 5.94. The Hall–Kier alpha value is -2.40. The second-order valence-electron chi connectivity index (χ2n) is 5.98. The second kappa shape index (κ2) is 7.93. The highest BCUT2D eigenvalue weighted by Crippen LogP contribution is 2.18. The average molecular weight is 331 g/mol. The lowest BCUT2D eigenvalue weighted by Gasteiger charge is -2.14. The number of benzene rings is 2. The largest absolute Gasteiger partial charge is 0.491 e. The highest BCUT2D eigenvalue weighted by Gasteiger charge is 2.12. The van der Waals surface area contributed by atoms with Gasteiger partial charge < -0.3 is 15.2 Å². The summed E-state index contributed by atoms with van der Waals surface area (Å²) in [5.41, 5.74) is 1.57. The molecular weight excluding hydrogens is 309 g/mol. The number of ether oxygens (including phenoxy) is 1. The van der Waals surface area contributed by atoms with Gasteiger partial charge in [-0.25, -0.2) is 4.39 Å². The van der Waals surface area contributed by atoms with E-state index in [1.54, 1.807) is 37.3 Å². The molecule has 24 heavy (non-hydrogen) atoms. The van der Waals surface area contributed by atoms with Gasteiger partial charge in [0, 0.05) is 12.1 Å². The third-order valence-electron chi connectivity index (χ3n) is 3.40. The molecule has 0 saturated heterocycles. The molecule has 0 spiro atoms. The maximum atomic E-state index is 13.3. The first-order valence-corrected chi connectivity index (χ1v) is 7.85. The molecule has 0 bridgehead atoms. The summed E-state index contributed by atoms with van der Waals surface area (Å²) in [5.74, 6) is -0.155. The van der Waals surface area contributed by atoms with Crippen molar-refractivity contribution in [2.75, 3.05) is 6.54 Å². The molecule has 2 aromatic carbocycles. The normalized spacial score (nSPS) is 12.1. The zero-order valence-electron chi connectivity index (χ0n) is 14.0. The summed E-state index contributed by atoms with van der Waals surface area (Å²) in [4.78, 5) is 12.1. The molecule has 5 heteroatoms. The number of carbonyl (C=O) groups is 1. The quantitative estimate of drug-likeness (QED) is 0.853. The topological polar surface area (TPSA) is 58.6 Å². The number of aliphatic hydroxyl groups excluding tert-OH is 1. The fraction of sp³-hybridized carbons (Fsp3) is 0.316. The summed E-state index contributed by atoms with van der Waals surface area (Å²) >= 11 is 0. The van der Waals surface area contributed by atoms with Crippen LogP contribution in [0.4, 0.5) is 4.39 Å². The van der Waals surface area contributed by atoms with Gasteiger partial charge in [0.25, 0.3) is 5.91 Å². The van der Waals surface area contributed by atoms with Crippen LogP contribution >= 0.6 is 0 Å². The number of carbonyl (C=O) groups excluding carboxylic acids is 1. The van der Waals surface area contributed by atoms with Crippen molar-refractivity contribution in [1.29, 1.82) is 0 Å². The van der Waals surface area contributed by atoms with Crippen LogP contribution in [-0.2, 0) is 0 Å². The second-order valence-corrected chi connectivity index (χ2v) is 5.98. The minimum absolute atomic E-state index is 0.0405. The predicted octanol–water partition coefficient (Wildman–Crippen LogP) is 3.38. The molecule has 0 heterocycles. The lowest BCUT2D eigenvalue weighted by molar-refractivity contribution is 0.0915. The molecule has 0 radical (unpaired) electrons. The maximum Gasteiger partial charge on any atom is 0.251 e. The third-order valence-corrected chi connectivity index (χ3v) is 3.40. The van der Waals surface area contributed by atoms with E-state index in [2.05, 4.69) is 5.32 Å². The van der Waals surface area contributed by atoms with E-state index in [0.717, 1.165) is 5.75 Å². The lowest BCUT2D eigenvalue weighted by atomic mass is 10.1. The van der Waals surface area contributed by atoms with Crippen molar-refractivity contribution < 1.29 is 19.0 Å². The SMILES string of the molecule is Cc1cc(F)cc(C(=O)NCC(O)c2ccc(OC(C)C)cc2)c1. The average Bonchev–Trinajstić information content (AvgIpc) is 2.51. The van der Waals surface area contributed by atoms with Crippen LogP contribution in [0, 0.1) is 12.7 Å². The molecule has 2 rings (SSSR count). The number of amides is 1. The maximum absolute atomic E-state index is 13.3. The van der Waals surface area contributed by atoms with Crippen molar-refractivity contribution in [2.24, 2.45) is 0 Å². The van der Waals surface area contributed by atoms with E-state index < -0.39 is 17.8 Å². The van der Waals surface area contributed by atoms with Crippen molar-refractivity contribution in [2.45, 2.75) is 33.0 Å². The van der Waals surface area contributed by atoms with Crippen LogP contribution in [0.15, 0.2) is 42.5 Å². The fourth-order valence-corrected chi connectivity index (χ4v) is 2.32. The summed E-state index contributed by atoms with van der Waals surface area (Å²) in [6.07, 6.45) is -0.772. The van der Waals surface area contributed by atoms with Crippen molar-refractivity contribution in [3.8, 4) is 5.75 Å². The monoisotopic (exact) mass is 331 g/mol. The number of aliphatic hydroxyl groups is 1. The first kappa shape index (κ1) is 17.9. The summed E-state index contributed by atoms with van der Waals surface area (Å²) in [6.45, 7) is 5.63. The molecule has 128 valence electrons. The molecule has 0 saturated carbocycles. The molecule has 2 aromatic rings. The van der Waals surface area contributed by atoms with Crippen LogP contribution in [0.5, 0.6) is 5.75 Å². The van der Waals surface area contributed by atoms with Gasteiger partial charge in [0.15, 0.2) is 0 Å². The minimum Gasteiger partial charge on any atom is -0.491 e. The standard InChI is InChI=1S/C19H22FNO3/c1-12(2)24-17-6-4-14(5-7-17)18(22)11-21-19(23)15-8-13(3)9-16(20)10-15/h4-10,12,18,22H,11H2,1-3H3,(H,21,23). The molecule has 1 atom stereocenters. The van der Waals surface area contributed by atoms with Crippen LogP contribution in [0.25, 0.3) is 0 Å². The van der Waals surface area contributed by atoms with Crippen LogP contribution in [0.2, 0.25) is 0 Å². The highest BCUT2D eigenvalue weighted by atomic mass is 19.1. The number of halogens is 1. The third kappa shape index (κ3) is 5.06. The van der Waals surface area contributed by atoms with Gasteiger partial charge >= 0.3 is 0 Å². The van der Waals surface area contributed by atoms with Crippen molar-refractivity contribution >= 4 is 5.91 Å². The lowest BCUT2D eigenvalue weighted by Crippen LogP contribution is -2.28. The Labute approximate surface area is 141 Å². The van der Waals surface area contributed by atoms with Crippen LogP contribution in [0.3, 0.4) is 0 Å². The molecule has 0 fully saturated rings. The molecule has 0 aliphatic heterocycles. The Morgan fingerprint density at radius 3 is 2.46 bits per heavy atom. The van der Waals surface area contributed by atoms with E-state index >= 15 is 0 Å². The van der Waals surface area contributed by atoms with Gasteiger partial charge in [-0.15, -0.1) is 0 Å². The van der Waals surface area contributed by atoms with Gasteiger partial charge in [-0.2, -0.15) is 0 Å². The molecule has 1 unspecified atom stereocenters. The van der Waals surface area contributed by atoms with Crippen molar-refractivity contribution in [3.05, 3.63) is 65.0 Å². The summed E-state index contributed by atoms with van der Waals surface area (Å²) in [7, 11) is 0. The Morgan fingerprint density at radius 2 is 1.88 bits per heavy atom. The Kier molecular flexibility index (Phi) is 5.93. The van der Waals surface area contributed by atoms with Crippen molar-refractivity contribution in [3.63, 3.8) is 0 Å². The van der Waals surface area contributed by atoms with E-state index in [0.29, 0.717) is 11.1 Å². The van der Waals surface area contributed by atoms with E-state index in [1.165, 1.54) is 12.1 Å². The van der Waals surface area contributed by atoms with Gasteiger partial charge in [-0.05, 0) is 62.2 Å². The number of hydrogen-bond acceptors (Lipinski definition) is 3. The molecule has 0 aliphatic carbocycles. The zero-order chi connectivity index (χ0) is 17.7. The zero-order valence-corrected chi connectivity index (χ0v) is 14.0. The smallest absolute Gasteiger partial charge is 0.251 e. The van der Waals surface area contributed by atoms with E-state index in [9.17, 15) is 14.3 Å². The first-order valence-electron chi connectivity index (χ1n) is 7.85. The van der Waals surface area contributed by atoms with Gasteiger partial charge in [0.1, 0.15) is 11.6 Å². The first-order chi connectivity index (χ1) is 11.3. The van der Waals surface area contributed by atoms with Crippen LogP contribution < -0.4 is 10.1 Å². The number of nitrogens with one attached hydrogen (secondary N) is 1. The molecular formula is C19H22FNO3. The van der Waals surface area contributed by atoms with Crippen LogP contribution in [-0.4, -0.2) is 23.7 Å². The molecule has 0 aliphatic rings. The van der Waals surface area contributed by atoms with Crippen LogP contribution in [0.1, 0.15) is 41.4 Å². The van der Waals surface area contributed by atoms with E-state index in [4.69, 9.17) is 4.74 Å². The summed E-state index contributed by atoms with van der Waals surface area (Å²) in [6, 6.07) is 11.2. The van der Waals surface area contributed by atoms with E-state index in [-0.39, 0.29) is 18.2 Å². The number of aryl methyl sites for hydroxylation is 1. The summed E-state index contributed by atoms with van der Waals surface area (Å²) in [5, 5.41) is 12.8. The van der Waals surface area contributed by atoms with Gasteiger partial charge in [0.2, 0.25) is 0 Å². The molecule has 0 aromatic heterocycles. The van der Waals surface area contributed by atoms with Gasteiger partial charge in [-0.1, -0.05) is 12.1 Å². The molecule has 2 N–H and O–H groups in total. The predicted molar refractivity (Wildman–Crippen MR) is 90.6 cm³/mol. The Bertz CT molecular complexity index is 678. The Morgan fingerprint density at radius 1 is 1.21 bits per heavy atom. The van der Waals surface area contributed by atoms with Gasteiger partial charge in [-0.3, -0.25) is 4.79 Å². The van der Waals surface area contributed by atoms with E-state index in [1.807, 2.05) is 13.8 Å². The Balaban J connectivity index is 1.94. The van der Waals surface area contributed by atoms with Crippen molar-refractivity contribution in [1.82, 2.24) is 5.32 Å². The number of hydrogen-bond donors (Lipinski definition) is 2. The molecule has 1 amide bonds. The number of rotatable bonds is 6. The van der Waals surface area contributed by atoms with Gasteiger partial charge in [0.05, 0.1) is 12.2 Å². The minimum atomic E-state index is -0.850. The molecule has 4 nitrogen and oxygen atoms in total. The fourth-order valence-electron chi connectivity index (χ4n) is 2.32.